The monoisotopic (exact) mass is 1140 g/mol. The van der Waals surface area contributed by atoms with Crippen molar-refractivity contribution in [3.8, 4) is 50.2 Å². The minimum atomic E-state index is -1.57. The van der Waals surface area contributed by atoms with Crippen LogP contribution in [-0.2, 0) is 32.3 Å². The maximum atomic E-state index is 17.4. The van der Waals surface area contributed by atoms with E-state index in [1.54, 1.807) is 18.2 Å². The van der Waals surface area contributed by atoms with Gasteiger partial charge in [-0.15, -0.1) is 0 Å². The number of hydrogen-bond donors (Lipinski definition) is 2. The molecule has 5 heterocycles. The minimum Gasteiger partial charge on any atom is -0.355 e. The minimum absolute atomic E-state index is 0. The van der Waals surface area contributed by atoms with Crippen LogP contribution in [0.1, 0.15) is 40.3 Å². The Morgan fingerprint density at radius 1 is 0.562 bits per heavy atom. The van der Waals surface area contributed by atoms with Crippen molar-refractivity contribution in [2.75, 3.05) is 6.54 Å². The molecule has 0 saturated heterocycles. The molecular formula is C62H43F4N5OPt. The summed E-state index contributed by atoms with van der Waals surface area (Å²) < 4.78 is 71.0. The van der Waals surface area contributed by atoms with Gasteiger partial charge in [0.1, 0.15) is 0 Å². The van der Waals surface area contributed by atoms with E-state index in [2.05, 4.69) is 21.4 Å². The van der Waals surface area contributed by atoms with Gasteiger partial charge in [0, 0.05) is 66.6 Å². The SMILES string of the molecule is C=CC(=O)NCCCc1ccc(-c2c(F)c(F)c(C3=Cc4cc5ccc(cc6nc(cc7c(-c8ccccc8)c(-c8ccccc8)c(c(-c8ccccc8)c3n4)n7-c3ccccc3)C=C6)[nH]5)c(F)c2F)cc1.[Pt]. The molecule has 0 atom stereocenters. The van der Waals surface area contributed by atoms with Crippen molar-refractivity contribution in [2.24, 2.45) is 0 Å². The summed E-state index contributed by atoms with van der Waals surface area (Å²) in [7, 11) is 0. The number of H-pyrrole nitrogens is 1. The summed E-state index contributed by atoms with van der Waals surface area (Å²) in [4.78, 5) is 25.3. The number of nitrogens with one attached hydrogen (secondary N) is 2. The Kier molecular flexibility index (Phi) is 13.7. The fourth-order valence-corrected chi connectivity index (χ4v) is 9.62. The zero-order chi connectivity index (χ0) is 49.3. The van der Waals surface area contributed by atoms with E-state index in [0.29, 0.717) is 47.2 Å². The second-order valence-corrected chi connectivity index (χ2v) is 17.5. The number of para-hydroxylation sites is 1. The Morgan fingerprint density at radius 2 is 1.07 bits per heavy atom. The van der Waals surface area contributed by atoms with Crippen LogP contribution in [0.2, 0.25) is 0 Å². The van der Waals surface area contributed by atoms with Gasteiger partial charge in [0.15, 0.2) is 23.3 Å². The maximum absolute atomic E-state index is 17.4. The number of rotatable bonds is 11. The summed E-state index contributed by atoms with van der Waals surface area (Å²) in [6.45, 7) is 3.85. The van der Waals surface area contributed by atoms with Gasteiger partial charge in [0.2, 0.25) is 5.91 Å². The molecule has 0 fully saturated rings. The first-order chi connectivity index (χ1) is 35.2. The zero-order valence-electron chi connectivity index (χ0n) is 39.0. The first kappa shape index (κ1) is 48.2. The number of nitrogens with zero attached hydrogens (tertiary/aromatic N) is 3. The fraction of sp³-hybridized carbons (Fsp3) is 0.0484. The van der Waals surface area contributed by atoms with E-state index in [1.165, 1.54) is 24.3 Å². The van der Waals surface area contributed by atoms with E-state index < -0.39 is 34.4 Å². The molecule has 0 radical (unpaired) electrons. The van der Waals surface area contributed by atoms with Gasteiger partial charge in [-0.05, 0) is 107 Å². The van der Waals surface area contributed by atoms with E-state index >= 15 is 17.6 Å². The molecule has 0 saturated carbocycles. The average Bonchev–Trinajstić information content (AvgIpc) is 4.23. The number of halogens is 4. The van der Waals surface area contributed by atoms with Crippen LogP contribution in [0.15, 0.2) is 189 Å². The third-order valence-electron chi connectivity index (χ3n) is 12.9. The topological polar surface area (TPSA) is 75.6 Å². The predicted octanol–water partition coefficient (Wildman–Crippen LogP) is 15.0. The largest absolute Gasteiger partial charge is 0.355 e. The number of benzene rings is 6. The predicted molar refractivity (Wildman–Crippen MR) is 281 cm³/mol. The van der Waals surface area contributed by atoms with Gasteiger partial charge in [-0.3, -0.25) is 4.79 Å². The van der Waals surface area contributed by atoms with Gasteiger partial charge in [-0.25, -0.2) is 27.5 Å². The van der Waals surface area contributed by atoms with Crippen LogP contribution < -0.4 is 5.32 Å². The molecule has 0 aliphatic carbocycles. The van der Waals surface area contributed by atoms with E-state index in [1.807, 2.05) is 158 Å². The number of carbonyl (C=O) groups excluding carboxylic acids is 1. The van der Waals surface area contributed by atoms with Gasteiger partial charge in [-0.1, -0.05) is 140 Å². The van der Waals surface area contributed by atoms with Gasteiger partial charge in [-0.2, -0.15) is 0 Å². The molecule has 360 valence electrons. The van der Waals surface area contributed by atoms with Crippen LogP contribution in [0.3, 0.4) is 0 Å². The van der Waals surface area contributed by atoms with Crippen molar-refractivity contribution in [1.82, 2.24) is 24.8 Å². The van der Waals surface area contributed by atoms with Gasteiger partial charge < -0.3 is 14.9 Å². The summed E-state index contributed by atoms with van der Waals surface area (Å²) in [5.41, 5.74) is 8.48. The standard InChI is InChI=1S/C62H43F4N5O.Pt/c1-2-51(72)67-33-15-16-38-25-27-42(28-26-38)54-57(63)59(65)56(60(66)58(54)64)49-36-47-35-45-30-29-43(68-45)34-44-31-32-46(69-44)37-50-52(39-17-7-3-8-18-39)53(40-19-9-4-10-20-40)62(71(50)48-23-13-6-14-24-48)55(61(49)70-47)41-21-11-5-12-22-41;/h2-14,17-32,34-37,68H,1,15-16,33H2,(H,67,72);. The van der Waals surface area contributed by atoms with Crippen LogP contribution >= 0.6 is 0 Å². The Hall–Kier alpha value is -8.46. The van der Waals surface area contributed by atoms with Crippen molar-refractivity contribution in [1.29, 1.82) is 0 Å². The van der Waals surface area contributed by atoms with Gasteiger partial charge >= 0.3 is 0 Å². The quantitative estimate of drug-likeness (QED) is 0.0586. The second kappa shape index (κ2) is 20.7. The summed E-state index contributed by atoms with van der Waals surface area (Å²) in [6, 6.07) is 54.7. The Labute approximate surface area is 433 Å². The summed E-state index contributed by atoms with van der Waals surface area (Å²) in [6.07, 6.45) is 7.72. The van der Waals surface area contributed by atoms with Crippen LogP contribution in [0.5, 0.6) is 0 Å². The first-order valence-corrected chi connectivity index (χ1v) is 23.5. The molecular weight excluding hydrogens is 1100 g/mol. The third kappa shape index (κ3) is 9.34. The van der Waals surface area contributed by atoms with E-state index in [-0.39, 0.29) is 49.5 Å². The number of hydrogen-bond acceptors (Lipinski definition) is 3. The normalized spacial score (nSPS) is 11.8. The van der Waals surface area contributed by atoms with Crippen molar-refractivity contribution in [2.45, 2.75) is 12.8 Å². The van der Waals surface area contributed by atoms with E-state index in [0.717, 1.165) is 50.2 Å². The molecule has 11 rings (SSSR count). The van der Waals surface area contributed by atoms with E-state index in [9.17, 15) is 4.79 Å². The molecule has 6 aromatic carbocycles. The molecule has 2 aliphatic heterocycles. The van der Waals surface area contributed by atoms with Gasteiger partial charge in [0.25, 0.3) is 0 Å². The van der Waals surface area contributed by atoms with Crippen molar-refractivity contribution in [3.05, 3.63) is 246 Å². The fourth-order valence-electron chi connectivity index (χ4n) is 9.62. The number of aromatic amines is 1. The molecule has 73 heavy (non-hydrogen) atoms. The van der Waals surface area contributed by atoms with Gasteiger partial charge in [0.05, 0.1) is 44.9 Å². The number of carbonyl (C=O) groups is 1. The smallest absolute Gasteiger partial charge is 0.243 e. The number of aromatic nitrogens is 4. The summed E-state index contributed by atoms with van der Waals surface area (Å²) >= 11 is 0. The molecule has 9 aromatic rings. The Morgan fingerprint density at radius 3 is 1.66 bits per heavy atom. The van der Waals surface area contributed by atoms with Crippen LogP contribution in [-0.4, -0.2) is 32.0 Å². The molecule has 2 aliphatic rings. The Balaban J connectivity index is 0.00000611. The molecule has 6 nitrogen and oxygen atoms in total. The third-order valence-corrected chi connectivity index (χ3v) is 12.9. The number of amides is 1. The van der Waals surface area contributed by atoms with Crippen LogP contribution in [0.4, 0.5) is 17.6 Å². The van der Waals surface area contributed by atoms with Crippen LogP contribution in [0.25, 0.3) is 96.1 Å². The van der Waals surface area contributed by atoms with Crippen LogP contribution in [0, 0.1) is 23.3 Å². The first-order valence-electron chi connectivity index (χ1n) is 23.5. The summed E-state index contributed by atoms with van der Waals surface area (Å²) in [5, 5.41) is 2.71. The van der Waals surface area contributed by atoms with Crippen molar-refractivity contribution >= 4 is 51.8 Å². The molecule has 0 spiro atoms. The number of aryl methyl sites for hydroxylation is 1. The molecule has 0 unspecified atom stereocenters. The van der Waals surface area contributed by atoms with Crippen molar-refractivity contribution < 1.29 is 43.4 Å². The second-order valence-electron chi connectivity index (χ2n) is 17.5. The zero-order valence-corrected chi connectivity index (χ0v) is 41.2. The molecule has 3 aromatic heterocycles. The number of fused-ring (bicyclic) bond motifs is 8. The van der Waals surface area contributed by atoms with Crippen molar-refractivity contribution in [3.63, 3.8) is 0 Å². The maximum Gasteiger partial charge on any atom is 0.243 e. The molecule has 11 heteroatoms. The molecule has 2 N–H and O–H groups in total. The average molecular weight is 1150 g/mol. The molecule has 1 amide bonds. The van der Waals surface area contributed by atoms with E-state index in [4.69, 9.17) is 9.97 Å². The molecule has 8 bridgehead atoms. The Bertz CT molecular complexity index is 3790. The summed E-state index contributed by atoms with van der Waals surface area (Å²) in [5.74, 6) is -6.53.